The van der Waals surface area contributed by atoms with Gasteiger partial charge in [-0.05, 0) is 38.1 Å². The number of aryl methyl sites for hydroxylation is 1. The maximum absolute atomic E-state index is 6.21. The van der Waals surface area contributed by atoms with Gasteiger partial charge in [0.15, 0.2) is 0 Å². The predicted octanol–water partition coefficient (Wildman–Crippen LogP) is 6.21. The summed E-state index contributed by atoms with van der Waals surface area (Å²) in [6, 6.07) is 13.4. The topological polar surface area (TPSA) is 38.9 Å². The highest BCUT2D eigenvalue weighted by molar-refractivity contribution is 7.99. The first kappa shape index (κ1) is 16.4. The lowest BCUT2D eigenvalue weighted by molar-refractivity contribution is 0.509. The van der Waals surface area contributed by atoms with Crippen molar-refractivity contribution in [2.75, 3.05) is 0 Å². The summed E-state index contributed by atoms with van der Waals surface area (Å²) in [4.78, 5) is 0.818. The van der Waals surface area contributed by atoms with Gasteiger partial charge in [-0.15, -0.1) is 22.0 Å². The third kappa shape index (κ3) is 3.71. The van der Waals surface area contributed by atoms with Crippen LogP contribution in [0.15, 0.2) is 51.8 Å². The molecule has 0 amide bonds. The van der Waals surface area contributed by atoms with Gasteiger partial charge in [0.05, 0.1) is 15.3 Å². The van der Waals surface area contributed by atoms with Crippen LogP contribution in [0.2, 0.25) is 10.0 Å². The lowest BCUT2D eigenvalue weighted by Crippen LogP contribution is -1.89. The van der Waals surface area contributed by atoms with Gasteiger partial charge in [0.1, 0.15) is 0 Å². The Morgan fingerprint density at radius 2 is 1.65 bits per heavy atom. The summed E-state index contributed by atoms with van der Waals surface area (Å²) in [5.41, 5.74) is 2.09. The van der Waals surface area contributed by atoms with E-state index in [2.05, 4.69) is 10.2 Å². The lowest BCUT2D eigenvalue weighted by atomic mass is 10.1. The standard InChI is InChI=1S/C17H14Cl2N2OS/c1-10-6-8-12(9-7-10)17-21-20-16(22-17)11(2)23-15-13(18)4-3-5-14(15)19/h3-9,11H,1-2H3/t11-/m1/s1. The Balaban J connectivity index is 1.81. The van der Waals surface area contributed by atoms with Crippen molar-refractivity contribution in [3.63, 3.8) is 0 Å². The minimum absolute atomic E-state index is 0.0564. The smallest absolute Gasteiger partial charge is 0.247 e. The van der Waals surface area contributed by atoms with Crippen molar-refractivity contribution < 1.29 is 4.42 Å². The van der Waals surface area contributed by atoms with E-state index in [1.165, 1.54) is 17.3 Å². The molecule has 0 radical (unpaired) electrons. The van der Waals surface area contributed by atoms with E-state index in [-0.39, 0.29) is 5.25 Å². The molecule has 0 aliphatic heterocycles. The van der Waals surface area contributed by atoms with Gasteiger partial charge >= 0.3 is 0 Å². The number of thioether (sulfide) groups is 1. The molecule has 2 aromatic carbocycles. The normalized spacial score (nSPS) is 12.3. The predicted molar refractivity (Wildman–Crippen MR) is 95.2 cm³/mol. The van der Waals surface area contributed by atoms with Crippen molar-refractivity contribution in [1.29, 1.82) is 0 Å². The van der Waals surface area contributed by atoms with Crippen molar-refractivity contribution in [3.05, 3.63) is 64.0 Å². The molecule has 1 atom stereocenters. The summed E-state index contributed by atoms with van der Waals surface area (Å²) in [7, 11) is 0. The second-order valence-electron chi connectivity index (χ2n) is 5.12. The van der Waals surface area contributed by atoms with Crippen LogP contribution in [0.1, 0.15) is 23.6 Å². The van der Waals surface area contributed by atoms with E-state index < -0.39 is 0 Å². The van der Waals surface area contributed by atoms with Crippen LogP contribution in [-0.4, -0.2) is 10.2 Å². The first-order valence-electron chi connectivity index (χ1n) is 7.05. The fourth-order valence-electron chi connectivity index (χ4n) is 2.03. The quantitative estimate of drug-likeness (QED) is 0.516. The minimum Gasteiger partial charge on any atom is -0.419 e. The van der Waals surface area contributed by atoms with E-state index in [4.69, 9.17) is 27.6 Å². The summed E-state index contributed by atoms with van der Waals surface area (Å²) in [5, 5.41) is 9.45. The molecule has 23 heavy (non-hydrogen) atoms. The molecule has 6 heteroatoms. The molecule has 3 nitrogen and oxygen atoms in total. The monoisotopic (exact) mass is 364 g/mol. The fourth-order valence-corrected chi connectivity index (χ4v) is 3.61. The van der Waals surface area contributed by atoms with Crippen molar-refractivity contribution in [2.45, 2.75) is 24.0 Å². The molecule has 3 aromatic rings. The van der Waals surface area contributed by atoms with Crippen molar-refractivity contribution >= 4 is 35.0 Å². The maximum atomic E-state index is 6.21. The SMILES string of the molecule is Cc1ccc(-c2nnc([C@@H](C)Sc3c(Cl)cccc3Cl)o2)cc1. The average Bonchev–Trinajstić information content (AvgIpc) is 3.02. The zero-order valence-electron chi connectivity index (χ0n) is 12.6. The molecular formula is C17H14Cl2N2OS. The molecular weight excluding hydrogens is 351 g/mol. The van der Waals surface area contributed by atoms with Gasteiger partial charge in [0, 0.05) is 10.5 Å². The van der Waals surface area contributed by atoms with Crippen molar-refractivity contribution in [2.24, 2.45) is 0 Å². The van der Waals surface area contributed by atoms with Crippen LogP contribution in [0.25, 0.3) is 11.5 Å². The molecule has 3 rings (SSSR count). The van der Waals surface area contributed by atoms with Gasteiger partial charge in [-0.3, -0.25) is 0 Å². The molecule has 0 saturated heterocycles. The van der Waals surface area contributed by atoms with E-state index in [1.54, 1.807) is 0 Å². The molecule has 1 heterocycles. The summed E-state index contributed by atoms with van der Waals surface area (Å²) < 4.78 is 5.79. The van der Waals surface area contributed by atoms with Gasteiger partial charge in [-0.1, -0.05) is 47.0 Å². The Morgan fingerprint density at radius 1 is 1.00 bits per heavy atom. The van der Waals surface area contributed by atoms with E-state index in [0.717, 1.165) is 10.5 Å². The molecule has 0 N–H and O–H groups in total. The van der Waals surface area contributed by atoms with E-state index in [1.807, 2.05) is 56.3 Å². The average molecular weight is 365 g/mol. The van der Waals surface area contributed by atoms with Gasteiger partial charge in [-0.2, -0.15) is 0 Å². The van der Waals surface area contributed by atoms with Crippen molar-refractivity contribution in [1.82, 2.24) is 10.2 Å². The zero-order valence-corrected chi connectivity index (χ0v) is 14.9. The molecule has 0 saturated carbocycles. The molecule has 0 bridgehead atoms. The maximum Gasteiger partial charge on any atom is 0.247 e. The Bertz CT molecular complexity index is 797. The molecule has 1 aromatic heterocycles. The number of rotatable bonds is 4. The van der Waals surface area contributed by atoms with Crippen LogP contribution < -0.4 is 0 Å². The first-order valence-corrected chi connectivity index (χ1v) is 8.69. The Labute approximate surface area is 149 Å². The fraction of sp³-hybridized carbons (Fsp3) is 0.176. The summed E-state index contributed by atoms with van der Waals surface area (Å²) in [5.74, 6) is 1.05. The summed E-state index contributed by atoms with van der Waals surface area (Å²) >= 11 is 13.9. The highest BCUT2D eigenvalue weighted by Gasteiger charge is 2.19. The zero-order chi connectivity index (χ0) is 16.4. The molecule has 0 unspecified atom stereocenters. The third-order valence-corrected chi connectivity index (χ3v) is 5.39. The van der Waals surface area contributed by atoms with E-state index in [9.17, 15) is 0 Å². The molecule has 0 aliphatic rings. The molecule has 0 aliphatic carbocycles. The first-order chi connectivity index (χ1) is 11.0. The van der Waals surface area contributed by atoms with Crippen LogP contribution in [0, 0.1) is 6.92 Å². The Hall–Kier alpha value is -1.49. The minimum atomic E-state index is -0.0564. The third-order valence-electron chi connectivity index (χ3n) is 3.30. The van der Waals surface area contributed by atoms with E-state index >= 15 is 0 Å². The Morgan fingerprint density at radius 3 is 2.30 bits per heavy atom. The lowest BCUT2D eigenvalue weighted by Gasteiger charge is -2.09. The van der Waals surface area contributed by atoms with Gasteiger partial charge in [0.2, 0.25) is 11.8 Å². The van der Waals surface area contributed by atoms with Gasteiger partial charge in [0.25, 0.3) is 0 Å². The number of hydrogen-bond donors (Lipinski definition) is 0. The number of aromatic nitrogens is 2. The van der Waals surface area contributed by atoms with Crippen molar-refractivity contribution in [3.8, 4) is 11.5 Å². The van der Waals surface area contributed by atoms with Crippen LogP contribution >= 0.6 is 35.0 Å². The van der Waals surface area contributed by atoms with Crippen LogP contribution in [-0.2, 0) is 0 Å². The number of nitrogens with zero attached hydrogens (tertiary/aromatic N) is 2. The highest BCUT2D eigenvalue weighted by atomic mass is 35.5. The summed E-state index contributed by atoms with van der Waals surface area (Å²) in [6.45, 7) is 4.02. The van der Waals surface area contributed by atoms with E-state index in [0.29, 0.717) is 21.8 Å². The van der Waals surface area contributed by atoms with Gasteiger partial charge < -0.3 is 4.42 Å². The molecule has 0 spiro atoms. The highest BCUT2D eigenvalue weighted by Crippen LogP contribution is 2.42. The molecule has 0 fully saturated rings. The van der Waals surface area contributed by atoms with Crippen LogP contribution in [0.3, 0.4) is 0 Å². The largest absolute Gasteiger partial charge is 0.419 e. The number of halogens is 2. The second kappa shape index (κ2) is 6.95. The summed E-state index contributed by atoms with van der Waals surface area (Å²) in [6.07, 6.45) is 0. The molecule has 118 valence electrons. The number of benzene rings is 2. The Kier molecular flexibility index (Phi) is 4.95. The van der Waals surface area contributed by atoms with Crippen LogP contribution in [0.4, 0.5) is 0 Å². The van der Waals surface area contributed by atoms with Gasteiger partial charge in [-0.25, -0.2) is 0 Å². The van der Waals surface area contributed by atoms with Crippen LogP contribution in [0.5, 0.6) is 0 Å². The second-order valence-corrected chi connectivity index (χ2v) is 7.29. The number of hydrogen-bond acceptors (Lipinski definition) is 4.